The molecule has 0 aliphatic rings. The fourth-order valence-electron chi connectivity index (χ4n) is 2.63. The Morgan fingerprint density at radius 2 is 1.84 bits per heavy atom. The maximum atomic E-state index is 14.0. The van der Waals surface area contributed by atoms with Gasteiger partial charge in [-0.1, -0.05) is 58.2 Å². The second-order valence-electron chi connectivity index (χ2n) is 5.26. The summed E-state index contributed by atoms with van der Waals surface area (Å²) in [4.78, 5) is 0. The largest absolute Gasteiger partial charge is 0.310 e. The summed E-state index contributed by atoms with van der Waals surface area (Å²) < 4.78 is 14.0. The molecular formula is C17H28FN. The predicted molar refractivity (Wildman–Crippen MR) is 80.7 cm³/mol. The summed E-state index contributed by atoms with van der Waals surface area (Å²) >= 11 is 0. The summed E-state index contributed by atoms with van der Waals surface area (Å²) in [5.41, 5.74) is 0.832. The van der Waals surface area contributed by atoms with Crippen molar-refractivity contribution in [1.82, 2.24) is 5.32 Å². The molecule has 0 aromatic heterocycles. The van der Waals surface area contributed by atoms with Crippen LogP contribution >= 0.6 is 0 Å². The van der Waals surface area contributed by atoms with Crippen LogP contribution in [0.15, 0.2) is 24.3 Å². The number of hydrogen-bond acceptors (Lipinski definition) is 1. The first kappa shape index (κ1) is 16.2. The van der Waals surface area contributed by atoms with Crippen molar-refractivity contribution >= 4 is 0 Å². The molecule has 1 rings (SSSR count). The van der Waals surface area contributed by atoms with Gasteiger partial charge in [0.05, 0.1) is 0 Å². The van der Waals surface area contributed by atoms with Crippen molar-refractivity contribution in [3.8, 4) is 0 Å². The molecule has 1 aromatic rings. The van der Waals surface area contributed by atoms with Crippen LogP contribution in [0.5, 0.6) is 0 Å². The Kier molecular flexibility index (Phi) is 7.73. The SMILES string of the molecule is CCCCC(CC)C(NCCC)c1ccccc1F. The van der Waals surface area contributed by atoms with Crippen molar-refractivity contribution in [3.63, 3.8) is 0 Å². The third-order valence-corrected chi connectivity index (χ3v) is 3.78. The van der Waals surface area contributed by atoms with E-state index in [1.807, 2.05) is 12.1 Å². The van der Waals surface area contributed by atoms with Crippen LogP contribution in [0.4, 0.5) is 4.39 Å². The third-order valence-electron chi connectivity index (χ3n) is 3.78. The molecule has 1 aromatic carbocycles. The van der Waals surface area contributed by atoms with Crippen LogP contribution in [0.3, 0.4) is 0 Å². The molecule has 0 fully saturated rings. The van der Waals surface area contributed by atoms with Gasteiger partial charge in [0.15, 0.2) is 0 Å². The Morgan fingerprint density at radius 3 is 2.42 bits per heavy atom. The van der Waals surface area contributed by atoms with Gasteiger partial charge in [0.25, 0.3) is 0 Å². The molecule has 1 N–H and O–H groups in total. The fraction of sp³-hybridized carbons (Fsp3) is 0.647. The summed E-state index contributed by atoms with van der Waals surface area (Å²) in [5.74, 6) is 0.439. The zero-order chi connectivity index (χ0) is 14.1. The number of unbranched alkanes of at least 4 members (excludes halogenated alkanes) is 1. The lowest BCUT2D eigenvalue weighted by atomic mass is 9.86. The molecule has 0 amide bonds. The monoisotopic (exact) mass is 265 g/mol. The molecule has 0 saturated carbocycles. The summed E-state index contributed by atoms with van der Waals surface area (Å²) in [6.45, 7) is 7.52. The first-order chi connectivity index (χ1) is 9.24. The van der Waals surface area contributed by atoms with Gasteiger partial charge in [-0.15, -0.1) is 0 Å². The highest BCUT2D eigenvalue weighted by Crippen LogP contribution is 2.30. The Morgan fingerprint density at radius 1 is 1.11 bits per heavy atom. The van der Waals surface area contributed by atoms with E-state index in [0.29, 0.717) is 5.92 Å². The van der Waals surface area contributed by atoms with Crippen LogP contribution in [0.1, 0.15) is 64.5 Å². The van der Waals surface area contributed by atoms with Gasteiger partial charge >= 0.3 is 0 Å². The molecule has 0 heterocycles. The van der Waals surface area contributed by atoms with Gasteiger partial charge < -0.3 is 5.32 Å². The van der Waals surface area contributed by atoms with Crippen molar-refractivity contribution in [1.29, 1.82) is 0 Å². The molecule has 108 valence electrons. The van der Waals surface area contributed by atoms with Crippen molar-refractivity contribution in [2.45, 2.75) is 58.9 Å². The molecule has 19 heavy (non-hydrogen) atoms. The molecule has 0 spiro atoms. The zero-order valence-electron chi connectivity index (χ0n) is 12.6. The first-order valence-electron chi connectivity index (χ1n) is 7.72. The number of nitrogens with one attached hydrogen (secondary N) is 1. The molecule has 0 saturated heterocycles. The van der Waals surface area contributed by atoms with Crippen molar-refractivity contribution in [3.05, 3.63) is 35.6 Å². The molecule has 2 atom stereocenters. The Hall–Kier alpha value is -0.890. The van der Waals surface area contributed by atoms with Gasteiger partial charge in [-0.05, 0) is 31.4 Å². The summed E-state index contributed by atoms with van der Waals surface area (Å²) in [6.07, 6.45) is 5.76. The predicted octanol–water partition coefficient (Wildman–Crippen LogP) is 5.08. The number of hydrogen-bond donors (Lipinski definition) is 1. The topological polar surface area (TPSA) is 12.0 Å². The quantitative estimate of drug-likeness (QED) is 0.656. The van der Waals surface area contributed by atoms with Crippen molar-refractivity contribution in [2.24, 2.45) is 5.92 Å². The minimum absolute atomic E-state index is 0.0777. The highest BCUT2D eigenvalue weighted by atomic mass is 19.1. The molecule has 0 aliphatic heterocycles. The average Bonchev–Trinajstić information content (AvgIpc) is 2.43. The highest BCUT2D eigenvalue weighted by molar-refractivity contribution is 5.22. The van der Waals surface area contributed by atoms with Crippen LogP contribution in [0.2, 0.25) is 0 Å². The summed E-state index contributed by atoms with van der Waals surface area (Å²) in [5, 5.41) is 3.55. The molecule has 2 heteroatoms. The summed E-state index contributed by atoms with van der Waals surface area (Å²) in [6, 6.07) is 7.35. The van der Waals surface area contributed by atoms with E-state index in [-0.39, 0.29) is 11.9 Å². The molecule has 0 aliphatic carbocycles. The van der Waals surface area contributed by atoms with E-state index in [1.165, 1.54) is 19.3 Å². The molecule has 0 radical (unpaired) electrons. The highest BCUT2D eigenvalue weighted by Gasteiger charge is 2.23. The lowest BCUT2D eigenvalue weighted by molar-refractivity contribution is 0.316. The Labute approximate surface area is 117 Å². The normalized spacial score (nSPS) is 14.3. The lowest BCUT2D eigenvalue weighted by Gasteiger charge is -2.28. The molecular weight excluding hydrogens is 237 g/mol. The maximum absolute atomic E-state index is 14.0. The molecule has 2 unspecified atom stereocenters. The average molecular weight is 265 g/mol. The Bertz CT molecular complexity index is 351. The van der Waals surface area contributed by atoms with E-state index in [4.69, 9.17) is 0 Å². The van der Waals surface area contributed by atoms with Crippen LogP contribution in [-0.2, 0) is 0 Å². The van der Waals surface area contributed by atoms with E-state index in [0.717, 1.165) is 24.9 Å². The van der Waals surface area contributed by atoms with Crippen LogP contribution in [0.25, 0.3) is 0 Å². The van der Waals surface area contributed by atoms with Crippen molar-refractivity contribution in [2.75, 3.05) is 6.54 Å². The molecule has 0 bridgehead atoms. The third kappa shape index (κ3) is 4.94. The van der Waals surface area contributed by atoms with E-state index < -0.39 is 0 Å². The minimum atomic E-state index is -0.0777. The fourth-order valence-corrected chi connectivity index (χ4v) is 2.63. The standard InChI is InChI=1S/C17H28FN/c1-4-7-10-14(6-3)17(19-13-5-2)15-11-8-9-12-16(15)18/h8-9,11-12,14,17,19H,4-7,10,13H2,1-3H3. The van der Waals surface area contributed by atoms with Crippen LogP contribution in [0, 0.1) is 11.7 Å². The van der Waals surface area contributed by atoms with Crippen LogP contribution in [-0.4, -0.2) is 6.54 Å². The van der Waals surface area contributed by atoms with E-state index >= 15 is 0 Å². The smallest absolute Gasteiger partial charge is 0.127 e. The second-order valence-corrected chi connectivity index (χ2v) is 5.26. The molecule has 1 nitrogen and oxygen atoms in total. The Balaban J connectivity index is 2.88. The minimum Gasteiger partial charge on any atom is -0.310 e. The van der Waals surface area contributed by atoms with Gasteiger partial charge in [0.1, 0.15) is 5.82 Å². The zero-order valence-corrected chi connectivity index (χ0v) is 12.6. The maximum Gasteiger partial charge on any atom is 0.127 e. The number of halogens is 1. The second kappa shape index (κ2) is 9.08. The van der Waals surface area contributed by atoms with Gasteiger partial charge in [0.2, 0.25) is 0 Å². The number of rotatable bonds is 9. The van der Waals surface area contributed by atoms with Gasteiger partial charge in [-0.3, -0.25) is 0 Å². The van der Waals surface area contributed by atoms with E-state index in [9.17, 15) is 4.39 Å². The lowest BCUT2D eigenvalue weighted by Crippen LogP contribution is -2.29. The van der Waals surface area contributed by atoms with Gasteiger partial charge in [-0.25, -0.2) is 4.39 Å². The van der Waals surface area contributed by atoms with Gasteiger partial charge in [0, 0.05) is 11.6 Å². The van der Waals surface area contributed by atoms with Gasteiger partial charge in [-0.2, -0.15) is 0 Å². The first-order valence-corrected chi connectivity index (χ1v) is 7.72. The number of benzene rings is 1. The van der Waals surface area contributed by atoms with E-state index in [1.54, 1.807) is 12.1 Å². The van der Waals surface area contributed by atoms with Crippen molar-refractivity contribution < 1.29 is 4.39 Å². The van der Waals surface area contributed by atoms with Crippen LogP contribution < -0.4 is 5.32 Å². The van der Waals surface area contributed by atoms with E-state index in [2.05, 4.69) is 26.1 Å². The summed E-state index contributed by atoms with van der Waals surface area (Å²) in [7, 11) is 0.